The predicted octanol–water partition coefficient (Wildman–Crippen LogP) is 6.09. The minimum atomic E-state index is -1.83. The summed E-state index contributed by atoms with van der Waals surface area (Å²) in [7, 11) is 3.47. The molecular weight excluding hydrogens is 835 g/mol. The van der Waals surface area contributed by atoms with Gasteiger partial charge in [-0.05, 0) is 82.3 Å². The van der Waals surface area contributed by atoms with Crippen LogP contribution < -0.4 is 0 Å². The van der Waals surface area contributed by atoms with Gasteiger partial charge in [0.05, 0.1) is 55.4 Å². The number of rotatable bonds is 9. The number of carbonyl (C=O) groups is 1. The normalized spacial score (nSPS) is 48.8. The van der Waals surface area contributed by atoms with Crippen LogP contribution >= 0.6 is 0 Å². The zero-order chi connectivity index (χ0) is 46.4. The Labute approximate surface area is 386 Å². The monoisotopic (exact) mass is 912 g/mol. The molecule has 0 unspecified atom stereocenters. The smallest absolute Gasteiger partial charge is 0.316 e. The highest BCUT2D eigenvalue weighted by Crippen LogP contribution is 2.47. The van der Waals surface area contributed by atoms with Gasteiger partial charge in [0.2, 0.25) is 0 Å². The van der Waals surface area contributed by atoms with Gasteiger partial charge in [-0.1, -0.05) is 70.6 Å². The van der Waals surface area contributed by atoms with Gasteiger partial charge in [-0.25, -0.2) is 0 Å². The van der Waals surface area contributed by atoms with Crippen LogP contribution in [0.4, 0.5) is 0 Å². The SMILES string of the molecule is CC[C@H](C)[C@H]1O[C@]2(C=C[C@@H]1C)C[C@@H]1C[C@@H](C/C=C(\C)[C@@H](O[C@H]3C[C@H](OC)[C@@H](O[C@@H]4C[C@@H](OC)[C@@H](N5CCC5)[C@@H](C)O4)[C@H](C)O3)[C@@H](C)/C=C/C=C3\CO[C@@H]4[C@H](O)C(C)=C[C@@H](C(=O)O1)[C@]34O)O2. The summed E-state index contributed by atoms with van der Waals surface area (Å²) in [5.74, 6) is -2.49. The van der Waals surface area contributed by atoms with Gasteiger partial charge in [-0.3, -0.25) is 9.69 Å². The average molecular weight is 912 g/mol. The lowest BCUT2D eigenvalue weighted by Gasteiger charge is -2.49. The summed E-state index contributed by atoms with van der Waals surface area (Å²) in [6, 6.07) is 0.196. The van der Waals surface area contributed by atoms with E-state index in [4.69, 9.17) is 47.4 Å². The van der Waals surface area contributed by atoms with Crippen molar-refractivity contribution in [1.82, 2.24) is 4.90 Å². The van der Waals surface area contributed by atoms with Gasteiger partial charge in [0.15, 0.2) is 18.4 Å². The van der Waals surface area contributed by atoms with Crippen LogP contribution in [-0.2, 0) is 52.2 Å². The summed E-state index contributed by atoms with van der Waals surface area (Å²) in [5, 5.41) is 23.8. The van der Waals surface area contributed by atoms with Crippen LogP contribution in [0.2, 0.25) is 0 Å². The highest BCUT2D eigenvalue weighted by molar-refractivity contribution is 5.78. The van der Waals surface area contributed by atoms with Crippen molar-refractivity contribution in [2.75, 3.05) is 33.9 Å². The molecule has 14 nitrogen and oxygen atoms in total. The Kier molecular flexibility index (Phi) is 15.4. The van der Waals surface area contributed by atoms with E-state index in [-0.39, 0.29) is 67.0 Å². The highest BCUT2D eigenvalue weighted by atomic mass is 16.7. The quantitative estimate of drug-likeness (QED) is 0.203. The summed E-state index contributed by atoms with van der Waals surface area (Å²) in [6.45, 7) is 18.7. The number of likely N-dealkylation sites (tertiary alicyclic amines) is 1. The second-order valence-corrected chi connectivity index (χ2v) is 20.3. The van der Waals surface area contributed by atoms with Crippen LogP contribution in [0, 0.1) is 23.7 Å². The molecule has 5 saturated heterocycles. The zero-order valence-electron chi connectivity index (χ0n) is 40.3. The molecule has 0 aromatic rings. The number of aliphatic hydroxyl groups excluding tert-OH is 1. The summed E-state index contributed by atoms with van der Waals surface area (Å²) in [5.41, 5.74) is 0.195. The molecule has 0 aromatic carbocycles. The Bertz CT molecular complexity index is 1830. The van der Waals surface area contributed by atoms with Crippen molar-refractivity contribution >= 4 is 5.97 Å². The van der Waals surface area contributed by atoms with E-state index in [1.165, 1.54) is 6.42 Å². The number of fused-ring (bicyclic) bond motifs is 2. The van der Waals surface area contributed by atoms with E-state index >= 15 is 0 Å². The van der Waals surface area contributed by atoms with Crippen LogP contribution in [0.5, 0.6) is 0 Å². The number of esters is 1. The Morgan fingerprint density at radius 2 is 1.63 bits per heavy atom. The van der Waals surface area contributed by atoms with E-state index in [2.05, 4.69) is 58.6 Å². The number of allylic oxidation sites excluding steroid dienone is 2. The molecule has 0 radical (unpaired) electrons. The second kappa shape index (κ2) is 20.3. The summed E-state index contributed by atoms with van der Waals surface area (Å²) in [4.78, 5) is 16.8. The fourth-order valence-electron chi connectivity index (χ4n) is 11.7. The summed E-state index contributed by atoms with van der Waals surface area (Å²) in [6.07, 6.45) is 12.3. The fourth-order valence-corrected chi connectivity index (χ4v) is 11.7. The third-order valence-electron chi connectivity index (χ3n) is 15.8. The van der Waals surface area contributed by atoms with E-state index < -0.39 is 66.4 Å². The van der Waals surface area contributed by atoms with Crippen molar-refractivity contribution in [3.05, 3.63) is 59.3 Å². The third kappa shape index (κ3) is 9.94. The maximum atomic E-state index is 14.4. The molecule has 8 aliphatic rings. The number of carbonyl (C=O) groups excluding carboxylic acids is 1. The lowest BCUT2D eigenvalue weighted by Crippen LogP contribution is -2.61. The lowest BCUT2D eigenvalue weighted by molar-refractivity contribution is -0.316. The van der Waals surface area contributed by atoms with Crippen LogP contribution in [0.15, 0.2) is 59.3 Å². The van der Waals surface area contributed by atoms with Crippen molar-refractivity contribution in [3.8, 4) is 0 Å². The van der Waals surface area contributed by atoms with E-state index in [1.54, 1.807) is 33.3 Å². The molecule has 364 valence electrons. The molecule has 7 heterocycles. The number of aliphatic hydroxyl groups is 2. The van der Waals surface area contributed by atoms with Crippen molar-refractivity contribution in [3.63, 3.8) is 0 Å². The molecule has 65 heavy (non-hydrogen) atoms. The zero-order valence-corrected chi connectivity index (χ0v) is 40.3. The maximum Gasteiger partial charge on any atom is 0.316 e. The predicted molar refractivity (Wildman–Crippen MR) is 241 cm³/mol. The van der Waals surface area contributed by atoms with Gasteiger partial charge >= 0.3 is 5.97 Å². The topological polar surface area (TPSA) is 153 Å². The first-order valence-electron chi connectivity index (χ1n) is 24.5. The molecule has 20 atom stereocenters. The molecule has 1 aliphatic carbocycles. The van der Waals surface area contributed by atoms with E-state index in [1.807, 2.05) is 25.2 Å². The number of hydrogen-bond donors (Lipinski definition) is 2. The van der Waals surface area contributed by atoms with Gasteiger partial charge in [0, 0.05) is 51.7 Å². The lowest BCUT2D eigenvalue weighted by atomic mass is 9.71. The Balaban J connectivity index is 1.06. The highest BCUT2D eigenvalue weighted by Gasteiger charge is 2.60. The molecule has 7 aliphatic heterocycles. The number of methoxy groups -OCH3 is 2. The standard InChI is InChI=1S/C51H77NO13/c1-11-28(2)46-31(5)18-19-50(65-46)26-37-23-36(64-50)17-16-30(4)45(29(3)14-12-15-35-27-58-48-44(53)32(6)22-38(49(54)61-37)51(35,48)55)62-42-25-40(57-10)47(34(8)60-42)63-41-24-39(56-9)43(33(7)59-41)52-20-13-21-52/h12,14-16,18-19,22,28-29,31,33-34,36-48,53,55H,11,13,17,20-21,23-27H2,1-10H3/b14-12+,30-16+,35-15+/t28-,29-,31-,33+,34-,36+,37-,38-,39+,40-,41+,42-,43-,44+,45-,46+,47-,48+,50+,51+/m0/s1. The van der Waals surface area contributed by atoms with Gasteiger partial charge in [0.1, 0.15) is 35.9 Å². The van der Waals surface area contributed by atoms with Gasteiger partial charge < -0.3 is 57.6 Å². The van der Waals surface area contributed by atoms with E-state index in [0.29, 0.717) is 43.3 Å². The Morgan fingerprint density at radius 3 is 2.34 bits per heavy atom. The largest absolute Gasteiger partial charge is 0.462 e. The molecule has 8 rings (SSSR count). The van der Waals surface area contributed by atoms with Crippen molar-refractivity contribution < 1.29 is 62.4 Å². The van der Waals surface area contributed by atoms with Gasteiger partial charge in [-0.2, -0.15) is 0 Å². The Hall–Kier alpha value is -2.31. The number of ether oxygens (including phenoxy) is 10. The first-order valence-corrected chi connectivity index (χ1v) is 24.5. The van der Waals surface area contributed by atoms with Gasteiger partial charge in [-0.15, -0.1) is 0 Å². The second-order valence-electron chi connectivity index (χ2n) is 20.3. The first kappa shape index (κ1) is 49.1. The Morgan fingerprint density at radius 1 is 0.908 bits per heavy atom. The number of hydrogen-bond acceptors (Lipinski definition) is 14. The van der Waals surface area contributed by atoms with Crippen LogP contribution in [-0.4, -0.2) is 152 Å². The number of nitrogens with zero attached hydrogens (tertiary/aromatic N) is 1. The molecule has 14 heteroatoms. The molecule has 0 amide bonds. The van der Waals surface area contributed by atoms with Crippen molar-refractivity contribution in [1.29, 1.82) is 0 Å². The summed E-state index contributed by atoms with van der Waals surface area (Å²) < 4.78 is 65.2. The molecule has 2 N–H and O–H groups in total. The maximum absolute atomic E-state index is 14.4. The third-order valence-corrected chi connectivity index (χ3v) is 15.8. The van der Waals surface area contributed by atoms with Crippen LogP contribution in [0.3, 0.4) is 0 Å². The minimum absolute atomic E-state index is 0.00536. The van der Waals surface area contributed by atoms with Crippen LogP contribution in [0.25, 0.3) is 0 Å². The molecule has 0 aromatic heterocycles. The molecule has 5 fully saturated rings. The molecule has 1 spiro atoms. The van der Waals surface area contributed by atoms with Gasteiger partial charge in [0.25, 0.3) is 0 Å². The first-order chi connectivity index (χ1) is 31.1. The average Bonchev–Trinajstić information content (AvgIpc) is 3.60. The van der Waals surface area contributed by atoms with Crippen molar-refractivity contribution in [2.24, 2.45) is 23.7 Å². The fraction of sp³-hybridized carbons (Fsp3) is 0.784. The van der Waals surface area contributed by atoms with Crippen molar-refractivity contribution in [2.45, 2.75) is 197 Å². The van der Waals surface area contributed by atoms with E-state index in [9.17, 15) is 15.0 Å². The molecular formula is C51H77NO13. The summed E-state index contributed by atoms with van der Waals surface area (Å²) >= 11 is 0. The van der Waals surface area contributed by atoms with E-state index in [0.717, 1.165) is 25.1 Å². The molecule has 2 bridgehead atoms. The molecule has 0 saturated carbocycles. The van der Waals surface area contributed by atoms with Crippen LogP contribution in [0.1, 0.15) is 100 Å². The minimum Gasteiger partial charge on any atom is -0.462 e.